The third-order valence-corrected chi connectivity index (χ3v) is 5.80. The van der Waals surface area contributed by atoms with Crippen molar-refractivity contribution in [2.75, 3.05) is 11.9 Å². The van der Waals surface area contributed by atoms with E-state index >= 15 is 4.39 Å². The molecule has 156 valence electrons. The Morgan fingerprint density at radius 1 is 1.33 bits per heavy atom. The number of piperidine rings is 1. The number of anilines is 1. The smallest absolute Gasteiger partial charge is 0.261 e. The number of phenolic OH excluding ortho intramolecular Hbond substituents is 1. The van der Waals surface area contributed by atoms with E-state index in [-0.39, 0.29) is 34.2 Å². The van der Waals surface area contributed by atoms with Crippen molar-refractivity contribution in [2.24, 2.45) is 6.98 Å². The predicted octanol–water partition coefficient (Wildman–Crippen LogP) is 1.16. The highest BCUT2D eigenvalue weighted by Gasteiger charge is 2.43. The molecule has 2 fully saturated rings. The molecule has 0 aliphatic carbocycles. The van der Waals surface area contributed by atoms with Gasteiger partial charge in [-0.3, -0.25) is 4.79 Å². The van der Waals surface area contributed by atoms with E-state index in [4.69, 9.17) is 8.22 Å². The van der Waals surface area contributed by atoms with Gasteiger partial charge in [-0.15, -0.1) is 10.2 Å². The Balaban J connectivity index is 1.50. The maximum absolute atomic E-state index is 15.2. The highest BCUT2D eigenvalue weighted by atomic mass is 19.1. The molecule has 3 aromatic rings. The first-order valence-corrected chi connectivity index (χ1v) is 9.49. The number of aromatic hydroxyl groups is 1. The van der Waals surface area contributed by atoms with Gasteiger partial charge >= 0.3 is 0 Å². The van der Waals surface area contributed by atoms with Crippen molar-refractivity contribution in [3.8, 4) is 17.1 Å². The zero-order chi connectivity index (χ0) is 26.0. The SMILES string of the molecule is [2H]C([2H])([2H])N(c1cnc(-c2cc3ncn(C([2H])([2H])[2H])c(=O)c3cc2O)nn1)[C@H]1CC2CCC(N2)[C@H]1F. The van der Waals surface area contributed by atoms with Crippen molar-refractivity contribution in [3.63, 3.8) is 0 Å². The monoisotopic (exact) mass is 417 g/mol. The molecule has 9 nitrogen and oxygen atoms in total. The van der Waals surface area contributed by atoms with Crippen molar-refractivity contribution < 1.29 is 17.7 Å². The summed E-state index contributed by atoms with van der Waals surface area (Å²) in [5, 5.41) is 21.5. The molecule has 2 N–H and O–H groups in total. The van der Waals surface area contributed by atoms with Gasteiger partial charge in [0.05, 0.1) is 35.0 Å². The molecule has 2 aliphatic rings. The summed E-state index contributed by atoms with van der Waals surface area (Å²) in [7, 11) is 0. The maximum Gasteiger partial charge on any atom is 0.261 e. The molecule has 0 amide bonds. The molecule has 1 aromatic carbocycles. The summed E-state index contributed by atoms with van der Waals surface area (Å²) in [4.78, 5) is 21.6. The number of aryl methyl sites for hydroxylation is 1. The average molecular weight is 417 g/mol. The molecule has 5 rings (SSSR count). The average Bonchev–Trinajstić information content (AvgIpc) is 3.20. The Kier molecular flexibility index (Phi) is 3.07. The Morgan fingerprint density at radius 2 is 2.23 bits per heavy atom. The van der Waals surface area contributed by atoms with Crippen LogP contribution in [0.25, 0.3) is 22.3 Å². The largest absolute Gasteiger partial charge is 0.507 e. The van der Waals surface area contributed by atoms with Gasteiger partial charge in [-0.2, -0.15) is 0 Å². The summed E-state index contributed by atoms with van der Waals surface area (Å²) in [5.74, 6) is -0.648. The third-order valence-electron chi connectivity index (χ3n) is 5.80. The number of aromatic nitrogens is 5. The Bertz CT molecular complexity index is 1360. The van der Waals surface area contributed by atoms with Crippen molar-refractivity contribution in [1.29, 1.82) is 0 Å². The molecule has 2 bridgehead atoms. The van der Waals surface area contributed by atoms with Crippen LogP contribution in [0.15, 0.2) is 29.5 Å². The second kappa shape index (κ2) is 6.98. The lowest BCUT2D eigenvalue weighted by molar-refractivity contribution is 0.176. The molecule has 0 saturated carbocycles. The Hall–Kier alpha value is -3.14. The number of rotatable bonds is 3. The van der Waals surface area contributed by atoms with E-state index in [9.17, 15) is 9.90 Å². The second-order valence-electron chi connectivity index (χ2n) is 7.61. The van der Waals surface area contributed by atoms with E-state index in [0.717, 1.165) is 29.9 Å². The van der Waals surface area contributed by atoms with Gasteiger partial charge in [0.25, 0.3) is 5.56 Å². The van der Waals surface area contributed by atoms with Crippen LogP contribution in [0.4, 0.5) is 10.2 Å². The van der Waals surface area contributed by atoms with E-state index in [1.54, 1.807) is 0 Å². The van der Waals surface area contributed by atoms with Gasteiger partial charge in [-0.25, -0.2) is 14.4 Å². The van der Waals surface area contributed by atoms with E-state index < -0.39 is 43.5 Å². The summed E-state index contributed by atoms with van der Waals surface area (Å²) >= 11 is 0. The quantitative estimate of drug-likeness (QED) is 0.654. The number of alkyl halides is 1. The minimum absolute atomic E-state index is 0.0222. The van der Waals surface area contributed by atoms with Crippen LogP contribution in [0.1, 0.15) is 27.5 Å². The van der Waals surface area contributed by atoms with Gasteiger partial charge in [0.2, 0.25) is 0 Å². The van der Waals surface area contributed by atoms with Crippen LogP contribution < -0.4 is 15.8 Å². The van der Waals surface area contributed by atoms with Crippen LogP contribution in [0, 0.1) is 0 Å². The molecule has 0 radical (unpaired) electrons. The highest BCUT2D eigenvalue weighted by molar-refractivity contribution is 5.85. The van der Waals surface area contributed by atoms with Crippen LogP contribution in [-0.2, 0) is 6.98 Å². The van der Waals surface area contributed by atoms with Gasteiger partial charge in [0.1, 0.15) is 11.9 Å². The first kappa shape index (κ1) is 13.2. The predicted molar refractivity (Wildman–Crippen MR) is 109 cm³/mol. The molecular formula is C20H22FN7O2. The molecule has 10 heteroatoms. The van der Waals surface area contributed by atoms with E-state index in [2.05, 4.69) is 25.5 Å². The highest BCUT2D eigenvalue weighted by Crippen LogP contribution is 2.33. The topological polar surface area (TPSA) is 109 Å². The summed E-state index contributed by atoms with van der Waals surface area (Å²) in [5.41, 5.74) is -0.722. The zero-order valence-corrected chi connectivity index (χ0v) is 15.7. The van der Waals surface area contributed by atoms with Gasteiger partial charge in [-0.05, 0) is 31.4 Å². The van der Waals surface area contributed by atoms with Crippen LogP contribution >= 0.6 is 0 Å². The maximum atomic E-state index is 15.2. The number of halogens is 1. The molecule has 2 aliphatic heterocycles. The van der Waals surface area contributed by atoms with E-state index in [1.165, 1.54) is 6.07 Å². The van der Waals surface area contributed by atoms with Gasteiger partial charge < -0.3 is 19.9 Å². The van der Waals surface area contributed by atoms with Crippen molar-refractivity contribution in [2.45, 2.75) is 43.6 Å². The van der Waals surface area contributed by atoms with Crippen molar-refractivity contribution >= 4 is 16.7 Å². The van der Waals surface area contributed by atoms with Crippen LogP contribution in [0.2, 0.25) is 0 Å². The molecule has 4 atom stereocenters. The summed E-state index contributed by atoms with van der Waals surface area (Å²) in [6, 6.07) is 1.03. The van der Waals surface area contributed by atoms with E-state index in [1.807, 2.05) is 0 Å². The minimum atomic E-state index is -2.74. The molecule has 2 aromatic heterocycles. The van der Waals surface area contributed by atoms with Gasteiger partial charge in [0, 0.05) is 34.3 Å². The third kappa shape index (κ3) is 2.98. The fraction of sp³-hybridized carbons (Fsp3) is 0.450. The lowest BCUT2D eigenvalue weighted by atomic mass is 9.96. The number of hydrogen-bond donors (Lipinski definition) is 2. The fourth-order valence-electron chi connectivity index (χ4n) is 4.23. The molecule has 0 spiro atoms. The number of nitrogens with zero attached hydrogens (tertiary/aromatic N) is 6. The number of hydrogen-bond acceptors (Lipinski definition) is 8. The molecular weight excluding hydrogens is 389 g/mol. The lowest BCUT2D eigenvalue weighted by Gasteiger charge is -2.38. The molecule has 4 heterocycles. The Labute approximate surface area is 180 Å². The van der Waals surface area contributed by atoms with Gasteiger partial charge in [0.15, 0.2) is 11.6 Å². The van der Waals surface area contributed by atoms with Crippen LogP contribution in [0.3, 0.4) is 0 Å². The molecule has 30 heavy (non-hydrogen) atoms. The summed E-state index contributed by atoms with van der Waals surface area (Å²) in [6.07, 6.45) is 2.31. The summed E-state index contributed by atoms with van der Waals surface area (Å²) in [6.45, 7) is -5.43. The second-order valence-corrected chi connectivity index (χ2v) is 7.61. The first-order valence-electron chi connectivity index (χ1n) is 12.5. The fourth-order valence-corrected chi connectivity index (χ4v) is 4.23. The zero-order valence-electron chi connectivity index (χ0n) is 21.7. The number of phenols is 1. The van der Waals surface area contributed by atoms with Crippen LogP contribution in [-0.4, -0.2) is 61.1 Å². The number of fused-ring (bicyclic) bond motifs is 3. The number of benzene rings is 1. The summed E-state index contributed by atoms with van der Waals surface area (Å²) < 4.78 is 61.9. The van der Waals surface area contributed by atoms with E-state index in [0.29, 0.717) is 17.4 Å². The number of nitrogens with one attached hydrogen (secondary N) is 1. The first-order chi connectivity index (χ1) is 16.8. The van der Waals surface area contributed by atoms with Crippen LogP contribution in [0.5, 0.6) is 5.75 Å². The van der Waals surface area contributed by atoms with Crippen molar-refractivity contribution in [3.05, 3.63) is 35.0 Å². The molecule has 2 saturated heterocycles. The van der Waals surface area contributed by atoms with Gasteiger partial charge in [-0.1, -0.05) is 0 Å². The standard InChI is InChI=1S/C20H22FN7O2/c1-27-9-23-14-6-12(16(29)7-11(14)20(27)30)19-22-8-17(25-26-19)28(2)15-5-10-3-4-13(24-10)18(15)21/h6-10,13,15,18,24,29H,3-5H2,1-2H3/t10?,13?,15-,18+/m0/s1/i1D3,2D3. The van der Waals surface area contributed by atoms with Crippen molar-refractivity contribution in [1.82, 2.24) is 30.0 Å². The Morgan fingerprint density at radius 3 is 3.00 bits per heavy atom. The lowest BCUT2D eigenvalue weighted by Crippen LogP contribution is -2.55. The normalized spacial score (nSPS) is 29.4. The molecule has 2 unspecified atom stereocenters. The minimum Gasteiger partial charge on any atom is -0.507 e.